The molecule has 1 N–H and O–H groups in total. The number of nitrogens with one attached hydrogen (secondary N) is 1. The van der Waals surface area contributed by atoms with Crippen LogP contribution in [0.4, 0.5) is 10.2 Å². The molecule has 3 aromatic rings. The van der Waals surface area contributed by atoms with Gasteiger partial charge in [-0.05, 0) is 37.1 Å². The Morgan fingerprint density at radius 3 is 2.77 bits per heavy atom. The molecule has 1 unspecified atom stereocenters. The summed E-state index contributed by atoms with van der Waals surface area (Å²) in [6.45, 7) is 0. The zero-order chi connectivity index (χ0) is 17.8. The first-order valence-electron chi connectivity index (χ1n) is 8.68. The van der Waals surface area contributed by atoms with Gasteiger partial charge in [0.2, 0.25) is 5.91 Å². The fraction of sp³-hybridized carbons (Fsp3) is 0.316. The molecule has 0 radical (unpaired) electrons. The number of carbonyl (C=O) groups is 1. The molecule has 1 saturated carbocycles. The molecule has 26 heavy (non-hydrogen) atoms. The minimum absolute atomic E-state index is 0.00798. The SMILES string of the molecule is Cn1nc(C2CC2)c2c1NC(=O)CC2c1nc(-c2ccc(F)cc2)cs1. The predicted molar refractivity (Wildman–Crippen MR) is 97.8 cm³/mol. The first-order chi connectivity index (χ1) is 12.6. The van der Waals surface area contributed by atoms with Gasteiger partial charge in [-0.3, -0.25) is 9.48 Å². The van der Waals surface area contributed by atoms with Crippen LogP contribution >= 0.6 is 11.3 Å². The number of rotatable bonds is 3. The highest BCUT2D eigenvalue weighted by Crippen LogP contribution is 2.48. The summed E-state index contributed by atoms with van der Waals surface area (Å²) in [6, 6.07) is 6.33. The van der Waals surface area contributed by atoms with Crippen molar-refractivity contribution in [2.75, 3.05) is 5.32 Å². The summed E-state index contributed by atoms with van der Waals surface area (Å²) < 4.78 is 14.9. The van der Waals surface area contributed by atoms with Crippen molar-refractivity contribution in [3.8, 4) is 11.3 Å². The number of nitrogens with zero attached hydrogens (tertiary/aromatic N) is 3. The first-order valence-corrected chi connectivity index (χ1v) is 9.56. The summed E-state index contributed by atoms with van der Waals surface area (Å²) >= 11 is 1.55. The Hall–Kier alpha value is -2.54. The molecule has 1 fully saturated rings. The van der Waals surface area contributed by atoms with Crippen LogP contribution < -0.4 is 5.32 Å². The lowest BCUT2D eigenvalue weighted by atomic mass is 9.91. The van der Waals surface area contributed by atoms with Crippen LogP contribution in [0.2, 0.25) is 0 Å². The van der Waals surface area contributed by atoms with Gasteiger partial charge in [-0.25, -0.2) is 9.37 Å². The van der Waals surface area contributed by atoms with Crippen molar-refractivity contribution >= 4 is 23.1 Å². The van der Waals surface area contributed by atoms with Gasteiger partial charge in [0.1, 0.15) is 16.6 Å². The Morgan fingerprint density at radius 1 is 1.27 bits per heavy atom. The van der Waals surface area contributed by atoms with Crippen molar-refractivity contribution in [2.45, 2.75) is 31.1 Å². The fourth-order valence-electron chi connectivity index (χ4n) is 3.59. The number of thiazole rings is 1. The van der Waals surface area contributed by atoms with Crippen molar-refractivity contribution in [1.82, 2.24) is 14.8 Å². The topological polar surface area (TPSA) is 59.8 Å². The number of fused-ring (bicyclic) bond motifs is 1. The Kier molecular flexibility index (Phi) is 3.46. The number of aryl methyl sites for hydroxylation is 1. The van der Waals surface area contributed by atoms with E-state index in [2.05, 4.69) is 10.4 Å². The van der Waals surface area contributed by atoms with Gasteiger partial charge in [-0.15, -0.1) is 11.3 Å². The average Bonchev–Trinajstić information content (AvgIpc) is 3.26. The van der Waals surface area contributed by atoms with Gasteiger partial charge in [-0.1, -0.05) is 0 Å². The van der Waals surface area contributed by atoms with E-state index in [1.165, 1.54) is 12.1 Å². The van der Waals surface area contributed by atoms with Crippen molar-refractivity contribution in [1.29, 1.82) is 0 Å². The van der Waals surface area contributed by atoms with E-state index in [1.54, 1.807) is 28.2 Å². The molecule has 2 aromatic heterocycles. The van der Waals surface area contributed by atoms with Gasteiger partial charge in [0, 0.05) is 35.9 Å². The quantitative estimate of drug-likeness (QED) is 0.759. The highest BCUT2D eigenvalue weighted by Gasteiger charge is 2.39. The zero-order valence-corrected chi connectivity index (χ0v) is 15.0. The first kappa shape index (κ1) is 15.7. The van der Waals surface area contributed by atoms with Crippen LogP contribution in [0.25, 0.3) is 11.3 Å². The lowest BCUT2D eigenvalue weighted by Crippen LogP contribution is -2.24. The van der Waals surface area contributed by atoms with Crippen LogP contribution in [0.1, 0.15) is 47.4 Å². The number of benzene rings is 1. The molecular weight excluding hydrogens is 351 g/mol. The number of halogens is 1. The van der Waals surface area contributed by atoms with Gasteiger partial charge in [0.25, 0.3) is 0 Å². The van der Waals surface area contributed by atoms with Crippen LogP contribution in [0, 0.1) is 5.82 Å². The molecule has 7 heteroatoms. The lowest BCUT2D eigenvalue weighted by Gasteiger charge is -2.22. The molecule has 1 aliphatic carbocycles. The Balaban J connectivity index is 1.57. The number of amides is 1. The van der Waals surface area contributed by atoms with Crippen LogP contribution in [0.5, 0.6) is 0 Å². The molecule has 5 rings (SSSR count). The molecular formula is C19H17FN4OS. The smallest absolute Gasteiger partial charge is 0.226 e. The standard InChI is InChI=1S/C19H17FN4OS/c1-24-18-16(17(23-24)11-2-3-11)13(8-15(25)22-18)19-21-14(9-26-19)10-4-6-12(20)7-5-10/h4-7,9,11,13H,2-3,8H2,1H3,(H,22,25). The predicted octanol–water partition coefficient (Wildman–Crippen LogP) is 4.03. The molecule has 2 aliphatic rings. The summed E-state index contributed by atoms with van der Waals surface area (Å²) in [7, 11) is 1.87. The van der Waals surface area contributed by atoms with E-state index < -0.39 is 0 Å². The number of anilines is 1. The molecule has 3 heterocycles. The summed E-state index contributed by atoms with van der Waals surface area (Å²) in [6.07, 6.45) is 2.69. The Morgan fingerprint density at radius 2 is 2.04 bits per heavy atom. The van der Waals surface area contributed by atoms with E-state index in [9.17, 15) is 9.18 Å². The summed E-state index contributed by atoms with van der Waals surface area (Å²) in [5, 5.41) is 10.5. The lowest BCUT2D eigenvalue weighted by molar-refractivity contribution is -0.116. The largest absolute Gasteiger partial charge is 0.311 e. The minimum Gasteiger partial charge on any atom is -0.311 e. The van der Waals surface area contributed by atoms with E-state index in [-0.39, 0.29) is 17.6 Å². The van der Waals surface area contributed by atoms with Gasteiger partial charge in [0.15, 0.2) is 0 Å². The molecule has 1 aliphatic heterocycles. The highest BCUT2D eigenvalue weighted by atomic mass is 32.1. The van der Waals surface area contributed by atoms with Crippen LogP contribution in [-0.4, -0.2) is 20.7 Å². The zero-order valence-electron chi connectivity index (χ0n) is 14.2. The molecule has 0 bridgehead atoms. The van der Waals surface area contributed by atoms with E-state index in [4.69, 9.17) is 4.98 Å². The maximum atomic E-state index is 13.2. The fourth-order valence-corrected chi connectivity index (χ4v) is 4.53. The molecule has 1 atom stereocenters. The van der Waals surface area contributed by atoms with Gasteiger partial charge < -0.3 is 5.32 Å². The number of carbonyl (C=O) groups excluding carboxylic acids is 1. The maximum Gasteiger partial charge on any atom is 0.226 e. The van der Waals surface area contributed by atoms with Crippen LogP contribution in [0.3, 0.4) is 0 Å². The average molecular weight is 368 g/mol. The summed E-state index contributed by atoms with van der Waals surface area (Å²) in [5.41, 5.74) is 3.91. The molecule has 0 saturated heterocycles. The maximum absolute atomic E-state index is 13.2. The number of hydrogen-bond donors (Lipinski definition) is 1. The van der Waals surface area contributed by atoms with E-state index in [0.717, 1.165) is 46.2 Å². The van der Waals surface area contributed by atoms with Crippen LogP contribution in [0.15, 0.2) is 29.6 Å². The second-order valence-corrected chi connectivity index (χ2v) is 7.82. The summed E-state index contributed by atoms with van der Waals surface area (Å²) in [4.78, 5) is 17.0. The van der Waals surface area contributed by atoms with Crippen LogP contribution in [-0.2, 0) is 11.8 Å². The monoisotopic (exact) mass is 368 g/mol. The molecule has 1 amide bonds. The van der Waals surface area contributed by atoms with E-state index >= 15 is 0 Å². The van der Waals surface area contributed by atoms with Gasteiger partial charge in [-0.2, -0.15) is 5.10 Å². The van der Waals surface area contributed by atoms with Crippen molar-refractivity contribution in [2.24, 2.45) is 7.05 Å². The van der Waals surface area contributed by atoms with Gasteiger partial charge >= 0.3 is 0 Å². The third kappa shape index (κ3) is 2.54. The second kappa shape index (κ2) is 5.74. The summed E-state index contributed by atoms with van der Waals surface area (Å²) in [5.74, 6) is 0.960. The van der Waals surface area contributed by atoms with Gasteiger partial charge in [0.05, 0.1) is 17.3 Å². The molecule has 132 valence electrons. The second-order valence-electron chi connectivity index (χ2n) is 6.93. The van der Waals surface area contributed by atoms with E-state index in [1.807, 2.05) is 12.4 Å². The third-order valence-corrected chi connectivity index (χ3v) is 5.99. The third-order valence-electron chi connectivity index (χ3n) is 5.03. The number of hydrogen-bond acceptors (Lipinski definition) is 4. The number of aromatic nitrogens is 3. The Labute approximate surface area is 153 Å². The van der Waals surface area contributed by atoms with Crippen molar-refractivity contribution in [3.63, 3.8) is 0 Å². The Bertz CT molecular complexity index is 1000. The molecule has 5 nitrogen and oxygen atoms in total. The molecule has 1 aromatic carbocycles. The normalized spacial score (nSPS) is 19.3. The van der Waals surface area contributed by atoms with E-state index in [0.29, 0.717) is 12.3 Å². The van der Waals surface area contributed by atoms with Crippen molar-refractivity contribution < 1.29 is 9.18 Å². The minimum atomic E-state index is -0.262. The molecule has 0 spiro atoms. The highest BCUT2D eigenvalue weighted by molar-refractivity contribution is 7.10. The van der Waals surface area contributed by atoms with Crippen molar-refractivity contribution in [3.05, 3.63) is 51.7 Å².